The molecule has 0 aliphatic carbocycles. The number of rotatable bonds is 6. The van der Waals surface area contributed by atoms with Crippen LogP contribution in [0.4, 0.5) is 18.9 Å². The molecule has 3 rings (SSSR count). The van der Waals surface area contributed by atoms with Gasteiger partial charge in [0.05, 0.1) is 35.8 Å². The molecule has 2 heterocycles. The van der Waals surface area contributed by atoms with Crippen LogP contribution in [0.1, 0.15) is 35.4 Å². The summed E-state index contributed by atoms with van der Waals surface area (Å²) in [7, 11) is 0. The largest absolute Gasteiger partial charge is 0.481 e. The summed E-state index contributed by atoms with van der Waals surface area (Å²) in [6.07, 6.45) is -3.30. The number of hydrogen-bond acceptors (Lipinski definition) is 5. The van der Waals surface area contributed by atoms with Gasteiger partial charge in [0, 0.05) is 0 Å². The van der Waals surface area contributed by atoms with E-state index in [9.17, 15) is 22.8 Å². The van der Waals surface area contributed by atoms with E-state index in [2.05, 4.69) is 15.6 Å². The number of carbonyl (C=O) groups is 2. The molecule has 1 aromatic heterocycles. The lowest BCUT2D eigenvalue weighted by Gasteiger charge is -2.16. The molecule has 2 aromatic rings. The molecule has 0 saturated heterocycles. The first-order valence-corrected chi connectivity index (χ1v) is 10.2. The highest BCUT2D eigenvalue weighted by molar-refractivity contribution is 6.33. The molecule has 1 aliphatic heterocycles. The first kappa shape index (κ1) is 25.4. The zero-order valence-electron chi connectivity index (χ0n) is 17.0. The number of anilines is 1. The van der Waals surface area contributed by atoms with E-state index in [0.717, 1.165) is 43.2 Å². The van der Waals surface area contributed by atoms with E-state index in [1.54, 1.807) is 6.07 Å². The third kappa shape index (κ3) is 8.01. The molecule has 0 spiro atoms. The number of carboxylic acid groups (broad SMARTS) is 2. The zero-order valence-corrected chi connectivity index (χ0v) is 17.8. The van der Waals surface area contributed by atoms with Gasteiger partial charge in [-0.2, -0.15) is 13.2 Å². The number of fused-ring (bicyclic) bond motifs is 1. The molecule has 0 unspecified atom stereocenters. The van der Waals surface area contributed by atoms with Gasteiger partial charge in [-0.1, -0.05) is 23.7 Å². The van der Waals surface area contributed by atoms with Gasteiger partial charge in [0.25, 0.3) is 0 Å². The van der Waals surface area contributed by atoms with Crippen LogP contribution in [0, 0.1) is 0 Å². The number of aliphatic carboxylic acids is 2. The molecule has 0 radical (unpaired) electrons. The highest BCUT2D eigenvalue weighted by Gasteiger charge is 2.32. The Bertz CT molecular complexity index is 940. The predicted molar refractivity (Wildman–Crippen MR) is 113 cm³/mol. The van der Waals surface area contributed by atoms with Crippen molar-refractivity contribution in [3.63, 3.8) is 0 Å². The van der Waals surface area contributed by atoms with Gasteiger partial charge in [0.1, 0.15) is 5.69 Å². The number of nitrogens with one attached hydrogen (secondary N) is 2. The molecule has 32 heavy (non-hydrogen) atoms. The fourth-order valence-corrected chi connectivity index (χ4v) is 3.31. The molecule has 0 amide bonds. The molecule has 0 bridgehead atoms. The SMILES string of the molecule is FC(F)(F)c1cccc(CNc2c(Cl)ccc3c2CCNCC3)n1.O=C(O)CCC(=O)O. The number of halogens is 4. The zero-order chi connectivity index (χ0) is 23.7. The standard InChI is InChI=1S/C17H17ClF3N3.C4H6O4/c18-14-5-4-11-6-8-22-9-7-13(11)16(14)23-10-12-2-1-3-15(24-12)17(19,20)21;5-3(6)1-2-4(7)8/h1-5,22-23H,6-10H2;1-2H2,(H,5,6)(H,7,8). The quantitative estimate of drug-likeness (QED) is 0.502. The van der Waals surface area contributed by atoms with E-state index in [4.69, 9.17) is 21.8 Å². The van der Waals surface area contributed by atoms with Crippen molar-refractivity contribution >= 4 is 29.2 Å². The lowest BCUT2D eigenvalue weighted by Crippen LogP contribution is -2.16. The van der Waals surface area contributed by atoms with Crippen molar-refractivity contribution in [2.24, 2.45) is 0 Å². The summed E-state index contributed by atoms with van der Waals surface area (Å²) in [6.45, 7) is 1.95. The number of hydrogen-bond donors (Lipinski definition) is 4. The van der Waals surface area contributed by atoms with Crippen LogP contribution >= 0.6 is 11.6 Å². The van der Waals surface area contributed by atoms with Crippen molar-refractivity contribution < 1.29 is 33.0 Å². The van der Waals surface area contributed by atoms with Gasteiger partial charge in [-0.25, -0.2) is 4.98 Å². The molecule has 1 aromatic carbocycles. The maximum absolute atomic E-state index is 12.8. The maximum atomic E-state index is 12.8. The Morgan fingerprint density at radius 2 is 1.72 bits per heavy atom. The van der Waals surface area contributed by atoms with Crippen LogP contribution in [0.5, 0.6) is 0 Å². The summed E-state index contributed by atoms with van der Waals surface area (Å²) < 4.78 is 38.3. The molecular formula is C21H23ClF3N3O4. The van der Waals surface area contributed by atoms with Crippen LogP contribution in [0.25, 0.3) is 0 Å². The van der Waals surface area contributed by atoms with E-state index in [0.29, 0.717) is 10.7 Å². The second kappa shape index (κ2) is 11.7. The second-order valence-electron chi connectivity index (χ2n) is 6.96. The van der Waals surface area contributed by atoms with Gasteiger partial charge >= 0.3 is 18.1 Å². The predicted octanol–water partition coefficient (Wildman–Crippen LogP) is 3.99. The molecule has 0 fully saturated rings. The Hall–Kier alpha value is -2.85. The Balaban J connectivity index is 0.000000390. The molecule has 0 saturated carbocycles. The summed E-state index contributed by atoms with van der Waals surface area (Å²) in [5.41, 5.74) is 2.56. The molecule has 0 atom stereocenters. The van der Waals surface area contributed by atoms with E-state index >= 15 is 0 Å². The van der Waals surface area contributed by atoms with E-state index in [1.807, 2.05) is 12.1 Å². The fourth-order valence-electron chi connectivity index (χ4n) is 3.06. The second-order valence-corrected chi connectivity index (χ2v) is 7.37. The minimum absolute atomic E-state index is 0.188. The molecule has 7 nitrogen and oxygen atoms in total. The van der Waals surface area contributed by atoms with Crippen molar-refractivity contribution in [1.82, 2.24) is 10.3 Å². The number of alkyl halides is 3. The van der Waals surface area contributed by atoms with Crippen LogP contribution < -0.4 is 10.6 Å². The van der Waals surface area contributed by atoms with Gasteiger partial charge in [0.2, 0.25) is 0 Å². The van der Waals surface area contributed by atoms with Crippen molar-refractivity contribution in [1.29, 1.82) is 0 Å². The average Bonchev–Trinajstić information content (AvgIpc) is 2.97. The monoisotopic (exact) mass is 473 g/mol. The van der Waals surface area contributed by atoms with Crippen molar-refractivity contribution in [2.75, 3.05) is 18.4 Å². The minimum Gasteiger partial charge on any atom is -0.481 e. The topological polar surface area (TPSA) is 112 Å². The lowest BCUT2D eigenvalue weighted by molar-refractivity contribution is -0.143. The van der Waals surface area contributed by atoms with E-state index < -0.39 is 23.8 Å². The van der Waals surface area contributed by atoms with Crippen LogP contribution in [0.3, 0.4) is 0 Å². The summed E-state index contributed by atoms with van der Waals surface area (Å²) in [5, 5.41) is 22.9. The van der Waals surface area contributed by atoms with Crippen LogP contribution in [-0.2, 0) is 35.2 Å². The van der Waals surface area contributed by atoms with Gasteiger partial charge in [-0.05, 0) is 55.3 Å². The molecule has 1 aliphatic rings. The number of pyridine rings is 1. The smallest absolute Gasteiger partial charge is 0.433 e. The Kier molecular flexibility index (Phi) is 9.27. The van der Waals surface area contributed by atoms with Gasteiger partial charge in [-0.3, -0.25) is 9.59 Å². The Labute approximate surface area is 187 Å². The number of nitrogens with zero attached hydrogens (tertiary/aromatic N) is 1. The summed E-state index contributed by atoms with van der Waals surface area (Å²) in [4.78, 5) is 23.0. The minimum atomic E-state index is -4.44. The van der Waals surface area contributed by atoms with Gasteiger partial charge in [0.15, 0.2) is 0 Å². The summed E-state index contributed by atoms with van der Waals surface area (Å²) >= 11 is 6.30. The number of benzene rings is 1. The molecular weight excluding hydrogens is 451 g/mol. The fraction of sp³-hybridized carbons (Fsp3) is 0.381. The normalized spacial score (nSPS) is 13.2. The number of carboxylic acids is 2. The number of aromatic nitrogens is 1. The highest BCUT2D eigenvalue weighted by Crippen LogP contribution is 2.31. The third-order valence-corrected chi connectivity index (χ3v) is 4.89. The lowest BCUT2D eigenvalue weighted by atomic mass is 10.0. The maximum Gasteiger partial charge on any atom is 0.433 e. The van der Waals surface area contributed by atoms with Crippen molar-refractivity contribution in [3.05, 3.63) is 57.9 Å². The van der Waals surface area contributed by atoms with Crippen LogP contribution in [-0.4, -0.2) is 40.2 Å². The van der Waals surface area contributed by atoms with Crippen molar-refractivity contribution in [3.8, 4) is 0 Å². The third-order valence-electron chi connectivity index (χ3n) is 4.58. The molecule has 11 heteroatoms. The average molecular weight is 474 g/mol. The molecule has 4 N–H and O–H groups in total. The van der Waals surface area contributed by atoms with Crippen LogP contribution in [0.15, 0.2) is 30.3 Å². The van der Waals surface area contributed by atoms with Gasteiger partial charge in [-0.15, -0.1) is 0 Å². The highest BCUT2D eigenvalue weighted by atomic mass is 35.5. The summed E-state index contributed by atoms with van der Waals surface area (Å²) in [6, 6.07) is 7.74. The first-order valence-electron chi connectivity index (χ1n) is 9.79. The summed E-state index contributed by atoms with van der Waals surface area (Å²) in [5.74, 6) is -2.15. The van der Waals surface area contributed by atoms with E-state index in [1.165, 1.54) is 11.6 Å². The van der Waals surface area contributed by atoms with Gasteiger partial charge < -0.3 is 20.8 Å². The Morgan fingerprint density at radius 3 is 2.34 bits per heavy atom. The first-order chi connectivity index (χ1) is 15.1. The molecule has 174 valence electrons. The van der Waals surface area contributed by atoms with Crippen molar-refractivity contribution in [2.45, 2.75) is 38.4 Å². The van der Waals surface area contributed by atoms with E-state index in [-0.39, 0.29) is 19.4 Å². The van der Waals surface area contributed by atoms with Crippen LogP contribution in [0.2, 0.25) is 5.02 Å². The Morgan fingerprint density at radius 1 is 1.06 bits per heavy atom.